The summed E-state index contributed by atoms with van der Waals surface area (Å²) in [4.78, 5) is 0.134. The first-order valence-electron chi connectivity index (χ1n) is 6.23. The third kappa shape index (κ3) is 3.14. The van der Waals surface area contributed by atoms with Crippen molar-refractivity contribution in [2.45, 2.75) is 4.90 Å². The van der Waals surface area contributed by atoms with Gasteiger partial charge >= 0.3 is 0 Å². The van der Waals surface area contributed by atoms with Gasteiger partial charge in [-0.25, -0.2) is 8.42 Å². The van der Waals surface area contributed by atoms with E-state index in [9.17, 15) is 8.42 Å². The predicted octanol–water partition coefficient (Wildman–Crippen LogP) is 3.02. The molecule has 5 nitrogen and oxygen atoms in total. The third-order valence-corrected chi connectivity index (χ3v) is 4.83. The summed E-state index contributed by atoms with van der Waals surface area (Å²) in [5.74, 6) is 1.00. The normalized spacial score (nSPS) is 13.8. The Morgan fingerprint density at radius 1 is 0.952 bits per heavy atom. The van der Waals surface area contributed by atoms with E-state index in [-0.39, 0.29) is 4.90 Å². The Kier molecular flexibility index (Phi) is 3.77. The summed E-state index contributed by atoms with van der Waals surface area (Å²) in [5.41, 5.74) is 0.494. The van der Waals surface area contributed by atoms with Crippen LogP contribution in [0, 0.1) is 0 Å². The number of fused-ring (bicyclic) bond motifs is 1. The molecule has 0 fully saturated rings. The molecule has 1 heterocycles. The van der Waals surface area contributed by atoms with Gasteiger partial charge in [0.1, 0.15) is 13.2 Å². The lowest BCUT2D eigenvalue weighted by molar-refractivity contribution is 0.171. The lowest BCUT2D eigenvalue weighted by Gasteiger charge is -2.19. The Morgan fingerprint density at radius 2 is 1.62 bits per heavy atom. The van der Waals surface area contributed by atoms with Crippen LogP contribution in [-0.4, -0.2) is 21.6 Å². The van der Waals surface area contributed by atoms with E-state index < -0.39 is 10.0 Å². The first-order valence-corrected chi connectivity index (χ1v) is 8.50. The summed E-state index contributed by atoms with van der Waals surface area (Å²) in [7, 11) is -3.66. The van der Waals surface area contributed by atoms with E-state index in [1.165, 1.54) is 12.1 Å². The van der Waals surface area contributed by atoms with E-state index in [1.807, 2.05) is 0 Å². The topological polar surface area (TPSA) is 64.6 Å². The van der Waals surface area contributed by atoms with Crippen LogP contribution in [0.3, 0.4) is 0 Å². The van der Waals surface area contributed by atoms with Crippen LogP contribution in [0.1, 0.15) is 0 Å². The number of ether oxygens (including phenoxy) is 2. The average Bonchev–Trinajstić information content (AvgIpc) is 2.49. The molecule has 0 radical (unpaired) electrons. The molecule has 1 N–H and O–H groups in total. The van der Waals surface area contributed by atoms with Crippen molar-refractivity contribution < 1.29 is 17.9 Å². The van der Waals surface area contributed by atoms with Crippen LogP contribution >= 0.6 is 15.9 Å². The fraction of sp³-hybridized carbons (Fsp3) is 0.143. The Labute approximate surface area is 131 Å². The van der Waals surface area contributed by atoms with Crippen molar-refractivity contribution in [3.05, 3.63) is 46.9 Å². The molecule has 0 bridgehead atoms. The molecule has 110 valence electrons. The lowest BCUT2D eigenvalue weighted by Crippen LogP contribution is -2.17. The van der Waals surface area contributed by atoms with E-state index in [4.69, 9.17) is 9.47 Å². The Balaban J connectivity index is 1.89. The van der Waals surface area contributed by atoms with Crippen molar-refractivity contribution in [2.24, 2.45) is 0 Å². The molecule has 0 saturated heterocycles. The highest BCUT2D eigenvalue weighted by molar-refractivity contribution is 9.10. The third-order valence-electron chi connectivity index (χ3n) is 2.92. The highest BCUT2D eigenvalue weighted by atomic mass is 79.9. The van der Waals surface area contributed by atoms with Crippen molar-refractivity contribution in [1.29, 1.82) is 0 Å². The number of halogens is 1. The molecule has 0 saturated carbocycles. The van der Waals surface area contributed by atoms with E-state index >= 15 is 0 Å². The van der Waals surface area contributed by atoms with Crippen LogP contribution in [0.2, 0.25) is 0 Å². The summed E-state index contributed by atoms with van der Waals surface area (Å²) in [6, 6.07) is 11.5. The summed E-state index contributed by atoms with van der Waals surface area (Å²) >= 11 is 3.30. The Morgan fingerprint density at radius 3 is 2.33 bits per heavy atom. The molecule has 1 aliphatic heterocycles. The minimum Gasteiger partial charge on any atom is -0.486 e. The summed E-state index contributed by atoms with van der Waals surface area (Å²) in [6.07, 6.45) is 0. The van der Waals surface area contributed by atoms with Crippen LogP contribution in [0.4, 0.5) is 5.69 Å². The molecule has 0 aromatic heterocycles. The molecule has 7 heteroatoms. The number of hydrogen-bond acceptors (Lipinski definition) is 4. The summed E-state index contributed by atoms with van der Waals surface area (Å²) < 4.78 is 38.9. The SMILES string of the molecule is O=S(=O)(Nc1ccc(Br)cc1)c1ccc2c(c1)OCCO2. The van der Waals surface area contributed by atoms with Gasteiger partial charge in [0, 0.05) is 16.2 Å². The lowest BCUT2D eigenvalue weighted by atomic mass is 10.3. The van der Waals surface area contributed by atoms with Crippen molar-refractivity contribution in [3.8, 4) is 11.5 Å². The molecule has 0 aliphatic carbocycles. The van der Waals surface area contributed by atoms with Gasteiger partial charge in [-0.2, -0.15) is 0 Å². The maximum atomic E-state index is 12.4. The maximum Gasteiger partial charge on any atom is 0.262 e. The number of hydrogen-bond donors (Lipinski definition) is 1. The zero-order valence-electron chi connectivity index (χ0n) is 10.9. The van der Waals surface area contributed by atoms with Gasteiger partial charge in [-0.1, -0.05) is 15.9 Å². The number of benzene rings is 2. The quantitative estimate of drug-likeness (QED) is 0.902. The minimum atomic E-state index is -3.66. The first-order chi connectivity index (χ1) is 10.0. The van der Waals surface area contributed by atoms with Gasteiger partial charge in [0.25, 0.3) is 10.0 Å². The Hall–Kier alpha value is -1.73. The van der Waals surface area contributed by atoms with Crippen LogP contribution < -0.4 is 14.2 Å². The molecule has 0 atom stereocenters. The van der Waals surface area contributed by atoms with E-state index in [1.54, 1.807) is 30.3 Å². The number of rotatable bonds is 3. The van der Waals surface area contributed by atoms with Gasteiger partial charge in [0.2, 0.25) is 0 Å². The molecule has 21 heavy (non-hydrogen) atoms. The van der Waals surface area contributed by atoms with Gasteiger partial charge in [-0.3, -0.25) is 4.72 Å². The molecule has 3 rings (SSSR count). The zero-order chi connectivity index (χ0) is 14.9. The first kappa shape index (κ1) is 14.2. The molecule has 2 aromatic carbocycles. The molecule has 1 aliphatic rings. The molecular formula is C14H12BrNO4S. The zero-order valence-corrected chi connectivity index (χ0v) is 13.3. The van der Waals surface area contributed by atoms with Gasteiger partial charge in [-0.15, -0.1) is 0 Å². The van der Waals surface area contributed by atoms with Crippen molar-refractivity contribution >= 4 is 31.6 Å². The fourth-order valence-corrected chi connectivity index (χ4v) is 3.26. The molecule has 0 unspecified atom stereocenters. The molecule has 0 spiro atoms. The maximum absolute atomic E-state index is 12.4. The van der Waals surface area contributed by atoms with Crippen molar-refractivity contribution in [2.75, 3.05) is 17.9 Å². The standard InChI is InChI=1S/C14H12BrNO4S/c15-10-1-3-11(4-2-10)16-21(17,18)12-5-6-13-14(9-12)20-8-7-19-13/h1-6,9,16H,7-8H2. The van der Waals surface area contributed by atoms with Gasteiger partial charge < -0.3 is 9.47 Å². The smallest absolute Gasteiger partial charge is 0.262 e. The highest BCUT2D eigenvalue weighted by Gasteiger charge is 2.19. The predicted molar refractivity (Wildman–Crippen MR) is 82.4 cm³/mol. The number of sulfonamides is 1. The van der Waals surface area contributed by atoms with E-state index in [0.717, 1.165) is 4.47 Å². The van der Waals surface area contributed by atoms with Crippen molar-refractivity contribution in [1.82, 2.24) is 0 Å². The highest BCUT2D eigenvalue weighted by Crippen LogP contribution is 2.32. The second-order valence-corrected chi connectivity index (χ2v) is 7.02. The number of anilines is 1. The van der Waals surface area contributed by atoms with E-state index in [0.29, 0.717) is 30.4 Å². The van der Waals surface area contributed by atoms with Gasteiger partial charge in [0.05, 0.1) is 4.90 Å². The monoisotopic (exact) mass is 369 g/mol. The average molecular weight is 370 g/mol. The van der Waals surface area contributed by atoms with E-state index in [2.05, 4.69) is 20.7 Å². The van der Waals surface area contributed by atoms with Crippen LogP contribution in [0.5, 0.6) is 11.5 Å². The largest absolute Gasteiger partial charge is 0.486 e. The van der Waals surface area contributed by atoms with Crippen LogP contribution in [0.15, 0.2) is 51.8 Å². The molecule has 2 aromatic rings. The summed E-state index contributed by atoms with van der Waals surface area (Å²) in [5, 5.41) is 0. The molecule has 0 amide bonds. The number of nitrogens with one attached hydrogen (secondary N) is 1. The molecular weight excluding hydrogens is 358 g/mol. The van der Waals surface area contributed by atoms with Gasteiger partial charge in [-0.05, 0) is 36.4 Å². The van der Waals surface area contributed by atoms with Crippen LogP contribution in [-0.2, 0) is 10.0 Å². The summed E-state index contributed by atoms with van der Waals surface area (Å²) in [6.45, 7) is 0.882. The second kappa shape index (κ2) is 5.57. The van der Waals surface area contributed by atoms with Crippen molar-refractivity contribution in [3.63, 3.8) is 0 Å². The van der Waals surface area contributed by atoms with Crippen LogP contribution in [0.25, 0.3) is 0 Å². The fourth-order valence-electron chi connectivity index (χ4n) is 1.92. The van der Waals surface area contributed by atoms with Gasteiger partial charge in [0.15, 0.2) is 11.5 Å². The Bertz CT molecular complexity index is 759. The second-order valence-electron chi connectivity index (χ2n) is 4.42. The minimum absolute atomic E-state index is 0.134.